The normalized spacial score (nSPS) is 12.0. The Morgan fingerprint density at radius 2 is 1.71 bits per heavy atom. The van der Waals surface area contributed by atoms with Crippen LogP contribution in [0, 0.1) is 6.92 Å². The second-order valence-electron chi connectivity index (χ2n) is 4.92. The van der Waals surface area contributed by atoms with Crippen LogP contribution in [0.25, 0.3) is 0 Å². The molecular weight excluding hydrogens is 332 g/mol. The number of halogens is 1. The van der Waals surface area contributed by atoms with Crippen molar-refractivity contribution < 1.29 is 14.6 Å². The minimum Gasteiger partial charge on any atom is -0.496 e. The molecule has 112 valence electrons. The number of ether oxygens (including phenoxy) is 2. The maximum atomic E-state index is 10.6. The summed E-state index contributed by atoms with van der Waals surface area (Å²) >= 11 is 3.43. The second-order valence-corrected chi connectivity index (χ2v) is 5.84. The summed E-state index contributed by atoms with van der Waals surface area (Å²) in [6.45, 7) is 2.02. The van der Waals surface area contributed by atoms with Gasteiger partial charge in [0.05, 0.1) is 20.3 Å². The molecule has 2 rings (SSSR count). The van der Waals surface area contributed by atoms with Gasteiger partial charge in [0.25, 0.3) is 0 Å². The van der Waals surface area contributed by atoms with Crippen LogP contribution in [0.5, 0.6) is 11.5 Å². The molecule has 0 saturated heterocycles. The fraction of sp³-hybridized carbons (Fsp3) is 0.294. The summed E-state index contributed by atoms with van der Waals surface area (Å²) in [7, 11) is 3.24. The molecule has 0 aliphatic carbocycles. The van der Waals surface area contributed by atoms with E-state index in [0.29, 0.717) is 12.2 Å². The van der Waals surface area contributed by atoms with Gasteiger partial charge in [0, 0.05) is 16.5 Å². The van der Waals surface area contributed by atoms with Crippen molar-refractivity contribution in [2.75, 3.05) is 14.2 Å². The Hall–Kier alpha value is -1.52. The monoisotopic (exact) mass is 350 g/mol. The van der Waals surface area contributed by atoms with Crippen LogP contribution >= 0.6 is 15.9 Å². The smallest absolute Gasteiger partial charge is 0.124 e. The zero-order valence-corrected chi connectivity index (χ0v) is 14.0. The molecule has 1 atom stereocenters. The third kappa shape index (κ3) is 3.77. The van der Waals surface area contributed by atoms with Crippen LogP contribution in [0.1, 0.15) is 22.8 Å². The van der Waals surface area contributed by atoms with E-state index < -0.39 is 6.10 Å². The van der Waals surface area contributed by atoms with Crippen molar-refractivity contribution in [3.63, 3.8) is 0 Å². The molecule has 2 aromatic carbocycles. The van der Waals surface area contributed by atoms with Crippen molar-refractivity contribution in [2.45, 2.75) is 19.4 Å². The van der Waals surface area contributed by atoms with Crippen LogP contribution in [-0.4, -0.2) is 19.3 Å². The second kappa shape index (κ2) is 6.96. The summed E-state index contributed by atoms with van der Waals surface area (Å²) in [4.78, 5) is 0. The maximum Gasteiger partial charge on any atom is 0.124 e. The molecule has 0 aliphatic heterocycles. The summed E-state index contributed by atoms with van der Waals surface area (Å²) in [5.41, 5.74) is 2.88. The Bertz CT molecular complexity index is 625. The van der Waals surface area contributed by atoms with E-state index in [4.69, 9.17) is 9.47 Å². The van der Waals surface area contributed by atoms with Gasteiger partial charge in [0.15, 0.2) is 0 Å². The summed E-state index contributed by atoms with van der Waals surface area (Å²) in [5, 5.41) is 10.6. The molecule has 1 N–H and O–H groups in total. The van der Waals surface area contributed by atoms with E-state index in [1.807, 2.05) is 43.3 Å². The van der Waals surface area contributed by atoms with Crippen LogP contribution in [-0.2, 0) is 6.42 Å². The van der Waals surface area contributed by atoms with E-state index in [1.54, 1.807) is 14.2 Å². The topological polar surface area (TPSA) is 38.7 Å². The van der Waals surface area contributed by atoms with E-state index in [0.717, 1.165) is 26.9 Å². The molecule has 0 saturated carbocycles. The number of hydrogen-bond donors (Lipinski definition) is 1. The van der Waals surface area contributed by atoms with Gasteiger partial charge < -0.3 is 14.6 Å². The third-order valence-corrected chi connectivity index (χ3v) is 3.89. The molecule has 0 aliphatic rings. The van der Waals surface area contributed by atoms with E-state index in [2.05, 4.69) is 15.9 Å². The van der Waals surface area contributed by atoms with Crippen molar-refractivity contribution in [2.24, 2.45) is 0 Å². The molecular formula is C17H19BrO3. The molecule has 0 spiro atoms. The van der Waals surface area contributed by atoms with Gasteiger partial charge >= 0.3 is 0 Å². The Morgan fingerprint density at radius 3 is 2.38 bits per heavy atom. The average molecular weight is 351 g/mol. The van der Waals surface area contributed by atoms with Gasteiger partial charge in [-0.3, -0.25) is 0 Å². The van der Waals surface area contributed by atoms with Gasteiger partial charge in [-0.1, -0.05) is 33.6 Å². The van der Waals surface area contributed by atoms with Crippen LogP contribution in [0.2, 0.25) is 0 Å². The van der Waals surface area contributed by atoms with E-state index in [-0.39, 0.29) is 0 Å². The first-order chi connectivity index (χ1) is 10.0. The molecule has 4 heteroatoms. The number of aliphatic hydroxyl groups excluding tert-OH is 1. The standard InChI is InChI=1S/C17H19BrO3/c1-11-4-6-16(20-2)12(8-11)9-15(19)14-10-13(18)5-7-17(14)21-3/h4-8,10,15,19H,9H2,1-3H3. The molecule has 21 heavy (non-hydrogen) atoms. The summed E-state index contributed by atoms with van der Waals surface area (Å²) in [5.74, 6) is 1.46. The van der Waals surface area contributed by atoms with E-state index in [9.17, 15) is 5.11 Å². The molecule has 0 amide bonds. The number of methoxy groups -OCH3 is 2. The zero-order chi connectivity index (χ0) is 15.4. The predicted octanol–water partition coefficient (Wildman–Crippen LogP) is 4.05. The van der Waals surface area contributed by atoms with Gasteiger partial charge in [0.2, 0.25) is 0 Å². The van der Waals surface area contributed by atoms with Crippen LogP contribution in [0.3, 0.4) is 0 Å². The quantitative estimate of drug-likeness (QED) is 0.883. The van der Waals surface area contributed by atoms with Gasteiger partial charge in [-0.05, 0) is 36.8 Å². The number of aliphatic hydroxyl groups is 1. The zero-order valence-electron chi connectivity index (χ0n) is 12.4. The Balaban J connectivity index is 2.31. The number of aryl methyl sites for hydroxylation is 1. The molecule has 1 unspecified atom stereocenters. The first-order valence-electron chi connectivity index (χ1n) is 6.70. The summed E-state index contributed by atoms with van der Waals surface area (Å²) in [6.07, 6.45) is -0.189. The Kier molecular flexibility index (Phi) is 5.26. The van der Waals surface area contributed by atoms with E-state index in [1.165, 1.54) is 0 Å². The molecule has 2 aromatic rings. The van der Waals surface area contributed by atoms with Gasteiger partial charge in [-0.2, -0.15) is 0 Å². The number of benzene rings is 2. The van der Waals surface area contributed by atoms with Gasteiger partial charge in [-0.25, -0.2) is 0 Å². The highest BCUT2D eigenvalue weighted by atomic mass is 79.9. The Labute approximate surface area is 133 Å². The Morgan fingerprint density at radius 1 is 1.05 bits per heavy atom. The van der Waals surface area contributed by atoms with Crippen molar-refractivity contribution in [3.8, 4) is 11.5 Å². The number of hydrogen-bond acceptors (Lipinski definition) is 3. The molecule has 0 aromatic heterocycles. The lowest BCUT2D eigenvalue weighted by Gasteiger charge is -2.17. The van der Waals surface area contributed by atoms with Crippen LogP contribution < -0.4 is 9.47 Å². The number of rotatable bonds is 5. The lowest BCUT2D eigenvalue weighted by atomic mass is 9.98. The first-order valence-corrected chi connectivity index (χ1v) is 7.49. The molecule has 0 radical (unpaired) electrons. The minimum absolute atomic E-state index is 0.470. The highest BCUT2D eigenvalue weighted by Crippen LogP contribution is 2.32. The molecule has 0 heterocycles. The third-order valence-electron chi connectivity index (χ3n) is 3.40. The fourth-order valence-electron chi connectivity index (χ4n) is 2.35. The molecule has 0 bridgehead atoms. The van der Waals surface area contributed by atoms with Crippen molar-refractivity contribution >= 4 is 15.9 Å². The van der Waals surface area contributed by atoms with Crippen molar-refractivity contribution in [1.82, 2.24) is 0 Å². The SMILES string of the molecule is COc1ccc(C)cc1CC(O)c1cc(Br)ccc1OC. The van der Waals surface area contributed by atoms with Crippen molar-refractivity contribution in [1.29, 1.82) is 0 Å². The van der Waals surface area contributed by atoms with Gasteiger partial charge in [0.1, 0.15) is 11.5 Å². The highest BCUT2D eigenvalue weighted by Gasteiger charge is 2.16. The van der Waals surface area contributed by atoms with Crippen LogP contribution in [0.15, 0.2) is 40.9 Å². The van der Waals surface area contributed by atoms with Crippen LogP contribution in [0.4, 0.5) is 0 Å². The fourth-order valence-corrected chi connectivity index (χ4v) is 2.73. The summed E-state index contributed by atoms with van der Waals surface area (Å²) in [6, 6.07) is 11.6. The average Bonchev–Trinajstić information content (AvgIpc) is 2.47. The lowest BCUT2D eigenvalue weighted by Crippen LogP contribution is -2.05. The summed E-state index contributed by atoms with van der Waals surface area (Å²) < 4.78 is 11.6. The van der Waals surface area contributed by atoms with Crippen molar-refractivity contribution in [3.05, 3.63) is 57.6 Å². The lowest BCUT2D eigenvalue weighted by molar-refractivity contribution is 0.173. The first kappa shape index (κ1) is 15.9. The molecule has 3 nitrogen and oxygen atoms in total. The molecule has 0 fully saturated rings. The largest absolute Gasteiger partial charge is 0.496 e. The maximum absolute atomic E-state index is 10.6. The van der Waals surface area contributed by atoms with Gasteiger partial charge in [-0.15, -0.1) is 0 Å². The highest BCUT2D eigenvalue weighted by molar-refractivity contribution is 9.10. The minimum atomic E-state index is -0.659. The van der Waals surface area contributed by atoms with E-state index >= 15 is 0 Å². The predicted molar refractivity (Wildman–Crippen MR) is 87.1 cm³/mol.